The van der Waals surface area contributed by atoms with Gasteiger partial charge in [-0.05, 0) is 51.3 Å². The molecule has 24 heavy (non-hydrogen) atoms. The Labute approximate surface area is 142 Å². The Hall–Kier alpha value is -2.43. The fraction of sp³-hybridized carbons (Fsp3) is 0.421. The van der Waals surface area contributed by atoms with Gasteiger partial charge < -0.3 is 5.32 Å². The second kappa shape index (κ2) is 5.30. The van der Waals surface area contributed by atoms with E-state index in [0.29, 0.717) is 6.04 Å². The first-order valence-corrected chi connectivity index (χ1v) is 8.45. The molecular formula is C19H22N4O. The van der Waals surface area contributed by atoms with E-state index in [1.807, 2.05) is 50.1 Å². The van der Waals surface area contributed by atoms with Crippen molar-refractivity contribution in [2.45, 2.75) is 51.1 Å². The van der Waals surface area contributed by atoms with Crippen LogP contribution in [0.15, 0.2) is 36.7 Å². The third kappa shape index (κ3) is 2.27. The van der Waals surface area contributed by atoms with Crippen LogP contribution in [0.25, 0.3) is 0 Å². The van der Waals surface area contributed by atoms with Crippen molar-refractivity contribution in [3.05, 3.63) is 47.8 Å². The molecule has 3 heterocycles. The van der Waals surface area contributed by atoms with E-state index in [-0.39, 0.29) is 11.9 Å². The number of carbonyl (C=O) groups excluding carboxylic acids is 1. The molecule has 1 N–H and O–H groups in total. The van der Waals surface area contributed by atoms with E-state index in [4.69, 9.17) is 0 Å². The summed E-state index contributed by atoms with van der Waals surface area (Å²) in [7, 11) is 0. The number of hydrogen-bond donors (Lipinski definition) is 1. The number of pyridine rings is 2. The average Bonchev–Trinajstić information content (AvgIpc) is 2.73. The second-order valence-electron chi connectivity index (χ2n) is 7.36. The monoisotopic (exact) mass is 322 g/mol. The predicted octanol–water partition coefficient (Wildman–Crippen LogP) is 3.05. The molecule has 2 aromatic heterocycles. The van der Waals surface area contributed by atoms with Crippen molar-refractivity contribution in [1.29, 1.82) is 0 Å². The molecule has 2 aromatic rings. The van der Waals surface area contributed by atoms with Gasteiger partial charge in [-0.1, -0.05) is 12.1 Å². The summed E-state index contributed by atoms with van der Waals surface area (Å²) in [6, 6.07) is 8.56. The van der Waals surface area contributed by atoms with Gasteiger partial charge in [-0.25, -0.2) is 9.97 Å². The van der Waals surface area contributed by atoms with Crippen molar-refractivity contribution in [3.8, 4) is 0 Å². The van der Waals surface area contributed by atoms with Crippen LogP contribution in [0.4, 0.5) is 11.6 Å². The summed E-state index contributed by atoms with van der Waals surface area (Å²) >= 11 is 0. The predicted molar refractivity (Wildman–Crippen MR) is 94.2 cm³/mol. The molecule has 1 aliphatic heterocycles. The highest BCUT2D eigenvalue weighted by Gasteiger charge is 2.50. The highest BCUT2D eigenvalue weighted by Crippen LogP contribution is 2.44. The molecule has 1 aliphatic carbocycles. The first-order valence-electron chi connectivity index (χ1n) is 8.45. The van der Waals surface area contributed by atoms with Gasteiger partial charge in [0.15, 0.2) is 0 Å². The smallest absolute Gasteiger partial charge is 0.238 e. The quantitative estimate of drug-likeness (QED) is 0.943. The van der Waals surface area contributed by atoms with Crippen LogP contribution in [0, 0.1) is 6.92 Å². The number of rotatable bonds is 3. The number of hydrogen-bond acceptors (Lipinski definition) is 4. The Kier molecular flexibility index (Phi) is 3.34. The Bertz CT molecular complexity index is 778. The molecule has 0 saturated heterocycles. The number of amides is 1. The van der Waals surface area contributed by atoms with E-state index in [1.165, 1.54) is 0 Å². The van der Waals surface area contributed by atoms with E-state index >= 15 is 0 Å². The van der Waals surface area contributed by atoms with Gasteiger partial charge in [0.1, 0.15) is 11.6 Å². The lowest BCUT2D eigenvalue weighted by molar-refractivity contribution is -0.122. The number of anilines is 2. The average molecular weight is 322 g/mol. The zero-order chi connectivity index (χ0) is 16.9. The van der Waals surface area contributed by atoms with Gasteiger partial charge in [-0.15, -0.1) is 0 Å². The lowest BCUT2D eigenvalue weighted by Crippen LogP contribution is -2.53. The fourth-order valence-electron chi connectivity index (χ4n) is 3.61. The molecule has 4 rings (SSSR count). The van der Waals surface area contributed by atoms with Gasteiger partial charge in [0.05, 0.1) is 5.41 Å². The minimum atomic E-state index is -0.485. The first-order chi connectivity index (χ1) is 11.5. The Balaban J connectivity index is 1.47. The molecule has 1 fully saturated rings. The van der Waals surface area contributed by atoms with Crippen molar-refractivity contribution >= 4 is 17.5 Å². The number of fused-ring (bicyclic) bond motifs is 1. The molecule has 2 aliphatic rings. The number of nitrogens with one attached hydrogen (secondary N) is 1. The van der Waals surface area contributed by atoms with Crippen LogP contribution in [0.5, 0.6) is 0 Å². The molecule has 0 radical (unpaired) electrons. The van der Waals surface area contributed by atoms with E-state index in [1.54, 1.807) is 6.20 Å². The van der Waals surface area contributed by atoms with E-state index in [0.717, 1.165) is 35.6 Å². The zero-order valence-electron chi connectivity index (χ0n) is 14.3. The molecule has 0 spiro atoms. The van der Waals surface area contributed by atoms with Crippen LogP contribution in [-0.2, 0) is 10.2 Å². The fourth-order valence-corrected chi connectivity index (χ4v) is 3.61. The van der Waals surface area contributed by atoms with Crippen molar-refractivity contribution in [3.63, 3.8) is 0 Å². The molecule has 0 bridgehead atoms. The van der Waals surface area contributed by atoms with E-state index in [9.17, 15) is 4.79 Å². The van der Waals surface area contributed by atoms with Crippen molar-refractivity contribution in [2.75, 3.05) is 10.2 Å². The molecule has 5 nitrogen and oxygen atoms in total. The molecule has 0 atom stereocenters. The highest BCUT2D eigenvalue weighted by atomic mass is 16.2. The summed E-state index contributed by atoms with van der Waals surface area (Å²) in [5.41, 5.74) is 1.70. The third-order valence-corrected chi connectivity index (χ3v) is 5.18. The summed E-state index contributed by atoms with van der Waals surface area (Å²) in [6.45, 7) is 6.00. The molecule has 5 heteroatoms. The Morgan fingerprint density at radius 2 is 2.00 bits per heavy atom. The molecule has 124 valence electrons. The van der Waals surface area contributed by atoms with Gasteiger partial charge in [0.2, 0.25) is 5.91 Å². The molecule has 1 amide bonds. The van der Waals surface area contributed by atoms with E-state index in [2.05, 4.69) is 21.4 Å². The largest absolute Gasteiger partial charge is 0.367 e. The summed E-state index contributed by atoms with van der Waals surface area (Å²) in [4.78, 5) is 23.7. The molecule has 1 saturated carbocycles. The van der Waals surface area contributed by atoms with Crippen LogP contribution in [0.3, 0.4) is 0 Å². The standard InChI is InChI=1S/C19H22N4O/c1-12-6-7-16(21-11-12)22-13-9-14(10-13)23-17-15(5-4-8-20-17)19(2,3)18(23)24/h4-8,11,13-14H,9-10H2,1-3H3,(H,21,22)/t13-,14-. The van der Waals surface area contributed by atoms with Gasteiger partial charge in [0, 0.05) is 30.0 Å². The van der Waals surface area contributed by atoms with E-state index < -0.39 is 5.41 Å². The summed E-state index contributed by atoms with van der Waals surface area (Å²) in [6.07, 6.45) is 5.48. The summed E-state index contributed by atoms with van der Waals surface area (Å²) in [5, 5.41) is 3.45. The van der Waals surface area contributed by atoms with Gasteiger partial charge in [-0.2, -0.15) is 0 Å². The maximum atomic E-state index is 12.9. The Morgan fingerprint density at radius 1 is 1.21 bits per heavy atom. The van der Waals surface area contributed by atoms with Gasteiger partial charge in [-0.3, -0.25) is 9.69 Å². The van der Waals surface area contributed by atoms with Crippen molar-refractivity contribution in [2.24, 2.45) is 0 Å². The number of carbonyl (C=O) groups is 1. The van der Waals surface area contributed by atoms with Crippen LogP contribution >= 0.6 is 0 Å². The lowest BCUT2D eigenvalue weighted by atomic mass is 9.84. The second-order valence-corrected chi connectivity index (χ2v) is 7.36. The maximum Gasteiger partial charge on any atom is 0.238 e. The number of aryl methyl sites for hydroxylation is 1. The SMILES string of the molecule is Cc1ccc(N[C@H]2C[C@H](N3C(=O)C(C)(C)c4cccnc43)C2)nc1. The maximum absolute atomic E-state index is 12.9. The van der Waals surface area contributed by atoms with Gasteiger partial charge >= 0.3 is 0 Å². The lowest BCUT2D eigenvalue weighted by Gasteiger charge is -2.41. The normalized spacial score (nSPS) is 24.5. The van der Waals surface area contributed by atoms with Crippen LogP contribution in [-0.4, -0.2) is 28.0 Å². The van der Waals surface area contributed by atoms with Crippen LogP contribution in [0.1, 0.15) is 37.8 Å². The minimum Gasteiger partial charge on any atom is -0.367 e. The summed E-state index contributed by atoms with van der Waals surface area (Å²) in [5.74, 6) is 1.90. The van der Waals surface area contributed by atoms with Crippen LogP contribution in [0.2, 0.25) is 0 Å². The topological polar surface area (TPSA) is 58.1 Å². The summed E-state index contributed by atoms with van der Waals surface area (Å²) < 4.78 is 0. The number of aromatic nitrogens is 2. The Morgan fingerprint density at radius 3 is 2.71 bits per heavy atom. The first kappa shape index (κ1) is 15.1. The minimum absolute atomic E-state index is 0.160. The van der Waals surface area contributed by atoms with Crippen molar-refractivity contribution in [1.82, 2.24) is 9.97 Å². The van der Waals surface area contributed by atoms with Crippen LogP contribution < -0.4 is 10.2 Å². The molecule has 0 aromatic carbocycles. The third-order valence-electron chi connectivity index (χ3n) is 5.18. The molecule has 0 unspecified atom stereocenters. The highest BCUT2D eigenvalue weighted by molar-refractivity contribution is 6.07. The molecular weight excluding hydrogens is 300 g/mol. The van der Waals surface area contributed by atoms with Crippen molar-refractivity contribution < 1.29 is 4.79 Å². The number of nitrogens with zero attached hydrogens (tertiary/aromatic N) is 3. The van der Waals surface area contributed by atoms with Gasteiger partial charge in [0.25, 0.3) is 0 Å². The zero-order valence-corrected chi connectivity index (χ0v) is 14.3.